The molecule has 9 heteroatoms. The first kappa shape index (κ1) is 15.0. The van der Waals surface area contributed by atoms with Crippen LogP contribution in [0, 0.1) is 10.1 Å². The van der Waals surface area contributed by atoms with E-state index in [1.807, 2.05) is 18.2 Å². The molecule has 0 aliphatic carbocycles. The maximum Gasteiger partial charge on any atom is 0.269 e. The van der Waals surface area contributed by atoms with Crippen LogP contribution in [0.15, 0.2) is 53.4 Å². The number of non-ortho nitro benzene ring substituents is 1. The zero-order valence-electron chi connectivity index (χ0n) is 12.0. The third kappa shape index (κ3) is 2.73. The molecule has 8 nitrogen and oxygen atoms in total. The van der Waals surface area contributed by atoms with Crippen molar-refractivity contribution in [2.75, 3.05) is 4.72 Å². The van der Waals surface area contributed by atoms with E-state index in [1.54, 1.807) is 17.7 Å². The molecule has 0 atom stereocenters. The largest absolute Gasteiger partial charge is 0.313 e. The van der Waals surface area contributed by atoms with E-state index in [-0.39, 0.29) is 16.5 Å². The summed E-state index contributed by atoms with van der Waals surface area (Å²) >= 11 is 0. The van der Waals surface area contributed by atoms with Crippen molar-refractivity contribution in [3.05, 3.63) is 58.6 Å². The lowest BCUT2D eigenvalue weighted by Gasteiger charge is -2.07. The summed E-state index contributed by atoms with van der Waals surface area (Å²) in [5, 5.41) is 10.6. The summed E-state index contributed by atoms with van der Waals surface area (Å²) in [6.45, 7) is 0. The Kier molecular flexibility index (Phi) is 3.49. The van der Waals surface area contributed by atoms with Gasteiger partial charge in [-0.2, -0.15) is 0 Å². The topological polar surface area (TPSA) is 107 Å². The minimum absolute atomic E-state index is 0.0739. The Hall–Kier alpha value is -2.94. The smallest absolute Gasteiger partial charge is 0.269 e. The van der Waals surface area contributed by atoms with Gasteiger partial charge in [-0.1, -0.05) is 12.1 Å². The molecule has 1 aromatic heterocycles. The molecule has 1 heterocycles. The van der Waals surface area contributed by atoms with Gasteiger partial charge in [0, 0.05) is 19.2 Å². The summed E-state index contributed by atoms with van der Waals surface area (Å²) in [6, 6.07) is 11.9. The number of sulfonamides is 1. The van der Waals surface area contributed by atoms with Crippen LogP contribution >= 0.6 is 0 Å². The van der Waals surface area contributed by atoms with Crippen molar-refractivity contribution in [1.29, 1.82) is 0 Å². The van der Waals surface area contributed by atoms with Crippen molar-refractivity contribution in [3.8, 4) is 0 Å². The number of hydrogen-bond donors (Lipinski definition) is 1. The average Bonchev–Trinajstić information content (AvgIpc) is 2.83. The van der Waals surface area contributed by atoms with Crippen LogP contribution in [0.4, 0.5) is 11.6 Å². The molecule has 0 aliphatic rings. The number of imidazole rings is 1. The van der Waals surface area contributed by atoms with Gasteiger partial charge in [0.1, 0.15) is 0 Å². The number of fused-ring (bicyclic) bond motifs is 1. The molecule has 2 aromatic carbocycles. The van der Waals surface area contributed by atoms with Gasteiger partial charge in [0.05, 0.1) is 20.9 Å². The molecule has 0 aliphatic heterocycles. The number of benzene rings is 2. The number of nitrogens with zero attached hydrogens (tertiary/aromatic N) is 3. The van der Waals surface area contributed by atoms with Crippen LogP contribution in [0.25, 0.3) is 11.0 Å². The van der Waals surface area contributed by atoms with Crippen LogP contribution < -0.4 is 4.72 Å². The van der Waals surface area contributed by atoms with Crippen molar-refractivity contribution in [1.82, 2.24) is 9.55 Å². The zero-order valence-corrected chi connectivity index (χ0v) is 12.8. The quantitative estimate of drug-likeness (QED) is 0.582. The first-order valence-corrected chi connectivity index (χ1v) is 8.05. The van der Waals surface area contributed by atoms with Crippen LogP contribution in [0.2, 0.25) is 0 Å². The van der Waals surface area contributed by atoms with E-state index in [4.69, 9.17) is 0 Å². The number of rotatable bonds is 4. The van der Waals surface area contributed by atoms with E-state index >= 15 is 0 Å². The van der Waals surface area contributed by atoms with Gasteiger partial charge in [0.25, 0.3) is 15.7 Å². The van der Waals surface area contributed by atoms with Crippen molar-refractivity contribution in [2.24, 2.45) is 7.05 Å². The number of nitro benzene ring substituents is 1. The normalized spacial score (nSPS) is 11.5. The van der Waals surface area contributed by atoms with Gasteiger partial charge in [-0.05, 0) is 24.3 Å². The molecule has 0 saturated carbocycles. The van der Waals surface area contributed by atoms with E-state index in [1.165, 1.54) is 12.1 Å². The molecule has 0 fully saturated rings. The van der Waals surface area contributed by atoms with Gasteiger partial charge >= 0.3 is 0 Å². The molecular weight excluding hydrogens is 320 g/mol. The average molecular weight is 332 g/mol. The van der Waals surface area contributed by atoms with Crippen molar-refractivity contribution in [2.45, 2.75) is 4.90 Å². The Labute approximate surface area is 131 Å². The first-order valence-electron chi connectivity index (χ1n) is 6.57. The summed E-state index contributed by atoms with van der Waals surface area (Å²) in [4.78, 5) is 14.2. The second-order valence-electron chi connectivity index (χ2n) is 4.84. The van der Waals surface area contributed by atoms with Crippen molar-refractivity contribution >= 4 is 32.7 Å². The molecule has 3 rings (SSSR count). The highest BCUT2D eigenvalue weighted by Crippen LogP contribution is 2.22. The highest BCUT2D eigenvalue weighted by Gasteiger charge is 2.19. The Bertz CT molecular complexity index is 993. The van der Waals surface area contributed by atoms with Crippen LogP contribution in [0.3, 0.4) is 0 Å². The number of nitrogens with one attached hydrogen (secondary N) is 1. The van der Waals surface area contributed by atoms with Crippen LogP contribution in [0.5, 0.6) is 0 Å². The van der Waals surface area contributed by atoms with Crippen LogP contribution in [0.1, 0.15) is 0 Å². The molecule has 0 saturated heterocycles. The lowest BCUT2D eigenvalue weighted by molar-refractivity contribution is -0.384. The lowest BCUT2D eigenvalue weighted by atomic mass is 10.3. The fraction of sp³-hybridized carbons (Fsp3) is 0.0714. The lowest BCUT2D eigenvalue weighted by Crippen LogP contribution is -2.15. The highest BCUT2D eigenvalue weighted by molar-refractivity contribution is 7.92. The van der Waals surface area contributed by atoms with E-state index in [2.05, 4.69) is 9.71 Å². The molecular formula is C14H12N4O4S. The zero-order chi connectivity index (χ0) is 16.6. The van der Waals surface area contributed by atoms with Gasteiger partial charge in [0.15, 0.2) is 0 Å². The predicted octanol–water partition coefficient (Wildman–Crippen LogP) is 2.28. The second-order valence-corrected chi connectivity index (χ2v) is 6.52. The van der Waals surface area contributed by atoms with Gasteiger partial charge in [-0.25, -0.2) is 18.1 Å². The molecule has 3 aromatic rings. The number of aromatic nitrogens is 2. The number of para-hydroxylation sites is 2. The second kappa shape index (κ2) is 5.36. The maximum absolute atomic E-state index is 12.4. The van der Waals surface area contributed by atoms with Gasteiger partial charge in [-0.15, -0.1) is 0 Å². The minimum atomic E-state index is -3.88. The van der Waals surface area contributed by atoms with Gasteiger partial charge < -0.3 is 4.57 Å². The summed E-state index contributed by atoms with van der Waals surface area (Å²) in [5.74, 6) is 0.171. The standard InChI is InChI=1S/C14H12N4O4S/c1-17-13-5-3-2-4-12(13)15-14(17)16-23(21,22)11-8-6-10(7-9-11)18(19)20/h2-9H,1H3,(H,15,16). The monoisotopic (exact) mass is 332 g/mol. The molecule has 1 N–H and O–H groups in total. The molecule has 0 spiro atoms. The number of hydrogen-bond acceptors (Lipinski definition) is 5. The van der Waals surface area contributed by atoms with E-state index in [9.17, 15) is 18.5 Å². The Morgan fingerprint density at radius 3 is 2.39 bits per heavy atom. The summed E-state index contributed by atoms with van der Waals surface area (Å²) < 4.78 is 28.8. The summed E-state index contributed by atoms with van der Waals surface area (Å²) in [7, 11) is -2.18. The molecule has 23 heavy (non-hydrogen) atoms. The molecule has 0 bridgehead atoms. The van der Waals surface area contributed by atoms with Gasteiger partial charge in [0.2, 0.25) is 5.95 Å². The maximum atomic E-state index is 12.4. The number of anilines is 1. The Balaban J connectivity index is 1.96. The van der Waals surface area contributed by atoms with Crippen molar-refractivity contribution < 1.29 is 13.3 Å². The Morgan fingerprint density at radius 2 is 1.78 bits per heavy atom. The molecule has 0 radical (unpaired) electrons. The third-order valence-electron chi connectivity index (χ3n) is 3.37. The van der Waals surface area contributed by atoms with E-state index in [0.717, 1.165) is 17.6 Å². The SMILES string of the molecule is Cn1c(NS(=O)(=O)c2ccc([N+](=O)[O-])cc2)nc2ccccc21. The molecule has 0 amide bonds. The molecule has 0 unspecified atom stereocenters. The third-order valence-corrected chi connectivity index (χ3v) is 4.71. The number of aryl methyl sites for hydroxylation is 1. The van der Waals surface area contributed by atoms with E-state index < -0.39 is 14.9 Å². The summed E-state index contributed by atoms with van der Waals surface area (Å²) in [5.41, 5.74) is 1.27. The summed E-state index contributed by atoms with van der Waals surface area (Å²) in [6.07, 6.45) is 0. The number of nitro groups is 1. The Morgan fingerprint density at radius 1 is 1.13 bits per heavy atom. The van der Waals surface area contributed by atoms with Gasteiger partial charge in [-0.3, -0.25) is 10.1 Å². The molecule has 118 valence electrons. The highest BCUT2D eigenvalue weighted by atomic mass is 32.2. The minimum Gasteiger partial charge on any atom is -0.313 e. The first-order chi connectivity index (χ1) is 10.9. The van der Waals surface area contributed by atoms with Crippen molar-refractivity contribution in [3.63, 3.8) is 0 Å². The fourth-order valence-electron chi connectivity index (χ4n) is 2.16. The fourth-order valence-corrected chi connectivity index (χ4v) is 3.20. The van der Waals surface area contributed by atoms with Crippen LogP contribution in [-0.4, -0.2) is 22.9 Å². The van der Waals surface area contributed by atoms with E-state index in [0.29, 0.717) is 5.52 Å². The predicted molar refractivity (Wildman–Crippen MR) is 84.6 cm³/mol. The van der Waals surface area contributed by atoms with Crippen LogP contribution in [-0.2, 0) is 17.1 Å².